The number of carbonyl (C=O) groups excluding carboxylic acids is 2. The molecule has 2 amide bonds. The first-order chi connectivity index (χ1) is 16.5. The number of nitrogens with zero attached hydrogens (tertiary/aromatic N) is 3. The summed E-state index contributed by atoms with van der Waals surface area (Å²) >= 11 is 0. The lowest BCUT2D eigenvalue weighted by Crippen LogP contribution is -2.50. The van der Waals surface area contributed by atoms with Crippen molar-refractivity contribution in [1.82, 2.24) is 15.0 Å². The summed E-state index contributed by atoms with van der Waals surface area (Å²) in [6, 6.07) is 8.80. The molecule has 0 saturated carbocycles. The van der Waals surface area contributed by atoms with Crippen LogP contribution in [0.1, 0.15) is 33.1 Å². The molecule has 0 atom stereocenters. The van der Waals surface area contributed by atoms with Crippen LogP contribution in [0.5, 0.6) is 11.5 Å². The Bertz CT molecular complexity index is 1150. The summed E-state index contributed by atoms with van der Waals surface area (Å²) in [7, 11) is 1.57. The topological polar surface area (TPSA) is 98.2 Å². The Hall–Kier alpha value is -4.01. The van der Waals surface area contributed by atoms with Crippen LogP contribution in [0.15, 0.2) is 51.6 Å². The average molecular weight is 466 g/mol. The second-order valence-corrected chi connectivity index (χ2v) is 7.93. The Morgan fingerprint density at radius 3 is 2.50 bits per heavy atom. The molecule has 3 heterocycles. The van der Waals surface area contributed by atoms with E-state index in [1.165, 1.54) is 12.3 Å². The quantitative estimate of drug-likeness (QED) is 0.493. The third-order valence-corrected chi connectivity index (χ3v) is 5.77. The Balaban J connectivity index is 1.33. The number of carbonyl (C=O) groups is 2. The Morgan fingerprint density at radius 1 is 1.09 bits per heavy atom. The molecule has 0 unspecified atom stereocenters. The van der Waals surface area contributed by atoms with E-state index < -0.39 is 0 Å². The van der Waals surface area contributed by atoms with Crippen molar-refractivity contribution in [2.45, 2.75) is 20.5 Å². The van der Waals surface area contributed by atoms with Crippen LogP contribution in [-0.4, -0.2) is 60.1 Å². The number of hydrogen-bond acceptors (Lipinski definition) is 7. The summed E-state index contributed by atoms with van der Waals surface area (Å²) in [6.07, 6.45) is 4.75. The van der Waals surface area contributed by atoms with E-state index in [1.807, 2.05) is 26.0 Å². The zero-order chi connectivity index (χ0) is 24.1. The number of benzene rings is 1. The molecule has 3 aromatic rings. The molecule has 0 radical (unpaired) electrons. The van der Waals surface area contributed by atoms with Gasteiger partial charge in [0.2, 0.25) is 5.91 Å². The minimum absolute atomic E-state index is 0.109. The number of methoxy groups -OCH3 is 1. The molecular formula is C25H27N3O6. The van der Waals surface area contributed by atoms with E-state index in [0.29, 0.717) is 50.0 Å². The monoisotopic (exact) mass is 465 g/mol. The van der Waals surface area contributed by atoms with Gasteiger partial charge in [0, 0.05) is 32.3 Å². The van der Waals surface area contributed by atoms with Crippen molar-refractivity contribution in [3.8, 4) is 11.5 Å². The lowest BCUT2D eigenvalue weighted by atomic mass is 10.1. The van der Waals surface area contributed by atoms with Crippen molar-refractivity contribution in [3.63, 3.8) is 0 Å². The maximum atomic E-state index is 12.6. The van der Waals surface area contributed by atoms with E-state index >= 15 is 0 Å². The highest BCUT2D eigenvalue weighted by molar-refractivity contribution is 5.93. The average Bonchev–Trinajstić information content (AvgIpc) is 3.51. The van der Waals surface area contributed by atoms with E-state index in [4.69, 9.17) is 18.4 Å². The van der Waals surface area contributed by atoms with Crippen LogP contribution < -0.4 is 9.47 Å². The lowest BCUT2D eigenvalue weighted by Gasteiger charge is -2.33. The van der Waals surface area contributed by atoms with Crippen LogP contribution in [0, 0.1) is 13.8 Å². The molecule has 1 aliphatic heterocycles. The highest BCUT2D eigenvalue weighted by atomic mass is 16.5. The molecule has 9 nitrogen and oxygen atoms in total. The summed E-state index contributed by atoms with van der Waals surface area (Å²) in [5, 5.41) is 3.93. The first kappa shape index (κ1) is 23.2. The third-order valence-electron chi connectivity index (χ3n) is 5.77. The zero-order valence-corrected chi connectivity index (χ0v) is 19.4. The van der Waals surface area contributed by atoms with Crippen molar-refractivity contribution in [2.24, 2.45) is 0 Å². The zero-order valence-electron chi connectivity index (χ0n) is 19.4. The van der Waals surface area contributed by atoms with Crippen molar-refractivity contribution in [2.75, 3.05) is 33.3 Å². The molecule has 0 spiro atoms. The molecule has 1 aromatic carbocycles. The predicted molar refractivity (Wildman–Crippen MR) is 124 cm³/mol. The van der Waals surface area contributed by atoms with Crippen LogP contribution in [0.25, 0.3) is 6.08 Å². The second-order valence-electron chi connectivity index (χ2n) is 7.93. The number of aryl methyl sites for hydroxylation is 2. The largest absolute Gasteiger partial charge is 0.493 e. The number of aromatic nitrogens is 1. The number of furan rings is 1. The van der Waals surface area contributed by atoms with Crippen molar-refractivity contribution >= 4 is 17.9 Å². The summed E-state index contributed by atoms with van der Waals surface area (Å²) in [5.41, 5.74) is 2.50. The molecule has 0 N–H and O–H groups in total. The minimum Gasteiger partial charge on any atom is -0.493 e. The van der Waals surface area contributed by atoms with Gasteiger partial charge >= 0.3 is 0 Å². The van der Waals surface area contributed by atoms with Gasteiger partial charge in [-0.2, -0.15) is 0 Å². The molecule has 1 aliphatic rings. The van der Waals surface area contributed by atoms with Crippen molar-refractivity contribution < 1.29 is 28.0 Å². The van der Waals surface area contributed by atoms with Crippen molar-refractivity contribution in [3.05, 3.63) is 71.0 Å². The number of amides is 2. The Morgan fingerprint density at radius 2 is 1.85 bits per heavy atom. The Kier molecular flexibility index (Phi) is 7.01. The van der Waals surface area contributed by atoms with Gasteiger partial charge in [-0.3, -0.25) is 9.59 Å². The van der Waals surface area contributed by atoms with Gasteiger partial charge in [0.25, 0.3) is 5.91 Å². The lowest BCUT2D eigenvalue weighted by molar-refractivity contribution is -0.127. The van der Waals surface area contributed by atoms with Gasteiger partial charge in [-0.15, -0.1) is 0 Å². The maximum absolute atomic E-state index is 12.6. The number of piperazine rings is 1. The van der Waals surface area contributed by atoms with Crippen LogP contribution in [0.4, 0.5) is 0 Å². The van der Waals surface area contributed by atoms with Gasteiger partial charge in [-0.1, -0.05) is 11.2 Å². The fraction of sp³-hybridized carbons (Fsp3) is 0.320. The highest BCUT2D eigenvalue weighted by Gasteiger charge is 2.25. The smallest absolute Gasteiger partial charge is 0.289 e. The molecule has 0 aliphatic carbocycles. The van der Waals surface area contributed by atoms with Gasteiger partial charge < -0.3 is 28.2 Å². The second kappa shape index (κ2) is 10.3. The van der Waals surface area contributed by atoms with Crippen LogP contribution in [0.3, 0.4) is 0 Å². The predicted octanol–water partition coefficient (Wildman–Crippen LogP) is 3.47. The molecule has 1 saturated heterocycles. The van der Waals surface area contributed by atoms with Gasteiger partial charge in [-0.05, 0) is 49.8 Å². The van der Waals surface area contributed by atoms with Gasteiger partial charge in [0.15, 0.2) is 17.3 Å². The maximum Gasteiger partial charge on any atom is 0.289 e. The summed E-state index contributed by atoms with van der Waals surface area (Å²) in [5.74, 6) is 1.92. The molecule has 4 rings (SSSR count). The van der Waals surface area contributed by atoms with Crippen LogP contribution >= 0.6 is 0 Å². The normalized spacial score (nSPS) is 14.0. The molecule has 9 heteroatoms. The number of ether oxygens (including phenoxy) is 2. The van der Waals surface area contributed by atoms with Gasteiger partial charge in [-0.25, -0.2) is 0 Å². The SMILES string of the molecule is COc1cc(/C=C/C(=O)N2CCN(C(=O)c3ccco3)CC2)ccc1OCc1c(C)noc1C. The van der Waals surface area contributed by atoms with E-state index in [2.05, 4.69) is 5.16 Å². The standard InChI is InChI=1S/C25H27N3O6/c1-17-20(18(2)34-26-17)16-33-21-8-6-19(15-23(21)31-3)7-9-24(29)27-10-12-28(13-11-27)25(30)22-5-4-14-32-22/h4-9,14-15H,10-13,16H2,1-3H3/b9-7+. The van der Waals surface area contributed by atoms with E-state index in [9.17, 15) is 9.59 Å². The van der Waals surface area contributed by atoms with Gasteiger partial charge in [0.05, 0.1) is 24.6 Å². The number of hydrogen-bond donors (Lipinski definition) is 0. The van der Waals surface area contributed by atoms with Gasteiger partial charge in [0.1, 0.15) is 12.4 Å². The number of rotatable bonds is 7. The van der Waals surface area contributed by atoms with E-state index in [1.54, 1.807) is 41.2 Å². The van der Waals surface area contributed by atoms with Crippen LogP contribution in [0.2, 0.25) is 0 Å². The third kappa shape index (κ3) is 5.14. The Labute approximate surface area is 197 Å². The van der Waals surface area contributed by atoms with E-state index in [-0.39, 0.29) is 11.8 Å². The summed E-state index contributed by atoms with van der Waals surface area (Å²) in [6.45, 7) is 5.89. The molecule has 178 valence electrons. The molecule has 0 bridgehead atoms. The highest BCUT2D eigenvalue weighted by Crippen LogP contribution is 2.30. The minimum atomic E-state index is -0.156. The van der Waals surface area contributed by atoms with Crippen molar-refractivity contribution in [1.29, 1.82) is 0 Å². The summed E-state index contributed by atoms with van der Waals surface area (Å²) < 4.78 is 21.7. The first-order valence-corrected chi connectivity index (χ1v) is 11.0. The van der Waals surface area contributed by atoms with Crippen LogP contribution in [-0.2, 0) is 11.4 Å². The first-order valence-electron chi connectivity index (χ1n) is 11.0. The molecule has 1 fully saturated rings. The molecule has 2 aromatic heterocycles. The summed E-state index contributed by atoms with van der Waals surface area (Å²) in [4.78, 5) is 28.4. The fourth-order valence-electron chi connectivity index (χ4n) is 3.72. The molecule has 34 heavy (non-hydrogen) atoms. The van der Waals surface area contributed by atoms with E-state index in [0.717, 1.165) is 22.6 Å². The fourth-order valence-corrected chi connectivity index (χ4v) is 3.72. The molecular weight excluding hydrogens is 438 g/mol.